The normalized spacial score (nSPS) is 14.7. The third kappa shape index (κ3) is 3.48. The lowest BCUT2D eigenvalue weighted by molar-refractivity contribution is -0.122. The zero-order valence-electron chi connectivity index (χ0n) is 16.3. The first-order valence-electron chi connectivity index (χ1n) is 9.44. The number of imide groups is 1. The van der Waals surface area contributed by atoms with E-state index in [0.29, 0.717) is 41.2 Å². The van der Waals surface area contributed by atoms with Gasteiger partial charge in [-0.1, -0.05) is 37.3 Å². The fourth-order valence-corrected chi connectivity index (χ4v) is 3.38. The predicted octanol–water partition coefficient (Wildman–Crippen LogP) is 4.47. The van der Waals surface area contributed by atoms with Crippen LogP contribution in [0.15, 0.2) is 48.5 Å². The molecule has 2 amide bonds. The summed E-state index contributed by atoms with van der Waals surface area (Å²) in [6.45, 7) is 5.50. The number of hydrogen-bond donors (Lipinski definition) is 0. The van der Waals surface area contributed by atoms with E-state index in [1.54, 1.807) is 18.2 Å². The number of anilines is 1. The minimum atomic E-state index is -0.435. The molecule has 144 valence electrons. The van der Waals surface area contributed by atoms with Crippen LogP contribution in [0.4, 0.5) is 5.69 Å². The van der Waals surface area contributed by atoms with Gasteiger partial charge in [-0.3, -0.25) is 14.4 Å². The third-order valence-corrected chi connectivity index (χ3v) is 4.59. The molecule has 0 saturated carbocycles. The maximum Gasteiger partial charge on any atom is 0.269 e. The summed E-state index contributed by atoms with van der Waals surface area (Å²) < 4.78 is 5.85. The minimum absolute atomic E-state index is 0.0102. The number of hydrogen-bond acceptors (Lipinski definition) is 4. The molecule has 0 aliphatic carbocycles. The van der Waals surface area contributed by atoms with Crippen LogP contribution >= 0.6 is 0 Å². The topological polar surface area (TPSA) is 63.7 Å². The number of fused-ring (bicyclic) bond motifs is 1. The highest BCUT2D eigenvalue weighted by Gasteiger charge is 2.38. The van der Waals surface area contributed by atoms with Crippen molar-refractivity contribution in [2.24, 2.45) is 0 Å². The number of Topliss-reactive ketones (excluding diaryl/α,β-unsaturated/α-hetero) is 1. The first kappa shape index (κ1) is 19.5. The SMILES string of the molecule is CCCC(=O)c1ccc2c(c1)C(=C(OCC)c1ccccc1)C(=O)N2C(C)=O. The average molecular weight is 377 g/mol. The Balaban J connectivity index is 2.27. The molecule has 0 N–H and O–H groups in total. The smallest absolute Gasteiger partial charge is 0.269 e. The fourth-order valence-electron chi connectivity index (χ4n) is 3.38. The number of carbonyl (C=O) groups excluding carboxylic acids is 3. The molecule has 3 rings (SSSR count). The van der Waals surface area contributed by atoms with Crippen molar-refractivity contribution in [2.45, 2.75) is 33.6 Å². The lowest BCUT2D eigenvalue weighted by Gasteiger charge is -2.13. The molecule has 0 spiro atoms. The molecule has 1 aliphatic heterocycles. The van der Waals surface area contributed by atoms with Gasteiger partial charge in [0.25, 0.3) is 5.91 Å². The minimum Gasteiger partial charge on any atom is -0.492 e. The fraction of sp³-hybridized carbons (Fsp3) is 0.261. The van der Waals surface area contributed by atoms with Crippen LogP contribution in [0.1, 0.15) is 55.1 Å². The van der Waals surface area contributed by atoms with Crippen molar-refractivity contribution in [3.05, 3.63) is 65.2 Å². The van der Waals surface area contributed by atoms with Crippen LogP contribution in [-0.4, -0.2) is 24.2 Å². The van der Waals surface area contributed by atoms with Crippen LogP contribution < -0.4 is 4.90 Å². The van der Waals surface area contributed by atoms with Crippen LogP contribution in [0.25, 0.3) is 11.3 Å². The van der Waals surface area contributed by atoms with Crippen LogP contribution in [0.5, 0.6) is 0 Å². The van der Waals surface area contributed by atoms with E-state index in [9.17, 15) is 14.4 Å². The van der Waals surface area contributed by atoms with Crippen LogP contribution in [0.3, 0.4) is 0 Å². The molecular formula is C23H23NO4. The van der Waals surface area contributed by atoms with Gasteiger partial charge in [-0.2, -0.15) is 0 Å². The van der Waals surface area contributed by atoms with E-state index in [4.69, 9.17) is 4.74 Å². The number of ether oxygens (including phenoxy) is 1. The molecule has 28 heavy (non-hydrogen) atoms. The maximum atomic E-state index is 13.2. The highest BCUT2D eigenvalue weighted by atomic mass is 16.5. The van der Waals surface area contributed by atoms with Gasteiger partial charge >= 0.3 is 0 Å². The number of amides is 2. The standard InChI is InChI=1S/C23H23NO4/c1-4-9-20(26)17-12-13-19-18(14-17)21(23(27)24(19)15(3)25)22(28-5-2)16-10-7-6-8-11-16/h6-8,10-14H,4-5,9H2,1-3H3. The van der Waals surface area contributed by atoms with E-state index in [1.807, 2.05) is 44.2 Å². The van der Waals surface area contributed by atoms with Gasteiger partial charge in [0, 0.05) is 30.0 Å². The summed E-state index contributed by atoms with van der Waals surface area (Å²) in [4.78, 5) is 38.9. The number of rotatable bonds is 6. The van der Waals surface area contributed by atoms with Crippen molar-refractivity contribution >= 4 is 34.6 Å². The molecule has 5 heteroatoms. The van der Waals surface area contributed by atoms with Crippen LogP contribution in [-0.2, 0) is 14.3 Å². The van der Waals surface area contributed by atoms with Gasteiger partial charge < -0.3 is 4.74 Å². The molecule has 0 bridgehead atoms. The summed E-state index contributed by atoms with van der Waals surface area (Å²) in [5.41, 5.74) is 2.61. The van der Waals surface area contributed by atoms with Crippen LogP contribution in [0.2, 0.25) is 0 Å². The Labute approximate surface area is 164 Å². The Bertz CT molecular complexity index is 960. The van der Waals surface area contributed by atoms with E-state index >= 15 is 0 Å². The first-order valence-corrected chi connectivity index (χ1v) is 9.44. The Morgan fingerprint density at radius 3 is 2.32 bits per heavy atom. The van der Waals surface area contributed by atoms with Crippen molar-refractivity contribution in [2.75, 3.05) is 11.5 Å². The van der Waals surface area contributed by atoms with Gasteiger partial charge in [0.2, 0.25) is 5.91 Å². The number of ketones is 1. The molecule has 1 aliphatic rings. The molecule has 0 atom stereocenters. The Morgan fingerprint density at radius 1 is 1.00 bits per heavy atom. The van der Waals surface area contributed by atoms with Crippen LogP contribution in [0, 0.1) is 0 Å². The van der Waals surface area contributed by atoms with E-state index in [2.05, 4.69) is 0 Å². The highest BCUT2D eigenvalue weighted by molar-refractivity contribution is 6.43. The largest absolute Gasteiger partial charge is 0.492 e. The van der Waals surface area contributed by atoms with E-state index in [-0.39, 0.29) is 11.7 Å². The summed E-state index contributed by atoms with van der Waals surface area (Å²) in [5.74, 6) is -0.387. The molecular weight excluding hydrogens is 354 g/mol. The molecule has 0 saturated heterocycles. The molecule has 0 radical (unpaired) electrons. The van der Waals surface area contributed by atoms with Gasteiger partial charge in [-0.25, -0.2) is 4.90 Å². The van der Waals surface area contributed by atoms with Crippen molar-refractivity contribution in [3.8, 4) is 0 Å². The average Bonchev–Trinajstić information content (AvgIpc) is 2.98. The number of benzene rings is 2. The summed E-state index contributed by atoms with van der Waals surface area (Å²) in [7, 11) is 0. The van der Waals surface area contributed by atoms with Crippen molar-refractivity contribution in [1.82, 2.24) is 0 Å². The van der Waals surface area contributed by atoms with Gasteiger partial charge in [0.05, 0.1) is 17.9 Å². The summed E-state index contributed by atoms with van der Waals surface area (Å²) in [5, 5.41) is 0. The first-order chi connectivity index (χ1) is 13.5. The Hall–Kier alpha value is -3.21. The summed E-state index contributed by atoms with van der Waals surface area (Å²) in [6, 6.07) is 14.3. The van der Waals surface area contributed by atoms with Crippen molar-refractivity contribution in [3.63, 3.8) is 0 Å². The van der Waals surface area contributed by atoms with Crippen molar-refractivity contribution in [1.29, 1.82) is 0 Å². The van der Waals surface area contributed by atoms with E-state index in [0.717, 1.165) is 16.9 Å². The molecule has 2 aromatic rings. The van der Waals surface area contributed by atoms with Gasteiger partial charge in [0.15, 0.2) is 5.78 Å². The lowest BCUT2D eigenvalue weighted by atomic mass is 9.97. The molecule has 5 nitrogen and oxygen atoms in total. The van der Waals surface area contributed by atoms with E-state index in [1.165, 1.54) is 6.92 Å². The zero-order valence-corrected chi connectivity index (χ0v) is 16.3. The number of nitrogens with zero attached hydrogens (tertiary/aromatic N) is 1. The highest BCUT2D eigenvalue weighted by Crippen LogP contribution is 2.42. The molecule has 0 aromatic heterocycles. The predicted molar refractivity (Wildman–Crippen MR) is 109 cm³/mol. The zero-order chi connectivity index (χ0) is 20.3. The second-order valence-electron chi connectivity index (χ2n) is 6.57. The maximum absolute atomic E-state index is 13.2. The quantitative estimate of drug-likeness (QED) is 0.423. The summed E-state index contributed by atoms with van der Waals surface area (Å²) in [6.07, 6.45) is 1.17. The second kappa shape index (κ2) is 8.21. The van der Waals surface area contributed by atoms with Gasteiger partial charge in [-0.15, -0.1) is 0 Å². The molecule has 2 aromatic carbocycles. The summed E-state index contributed by atoms with van der Waals surface area (Å²) >= 11 is 0. The van der Waals surface area contributed by atoms with Gasteiger partial charge in [-0.05, 0) is 31.5 Å². The third-order valence-electron chi connectivity index (χ3n) is 4.59. The number of carbonyl (C=O) groups is 3. The van der Waals surface area contributed by atoms with Crippen molar-refractivity contribution < 1.29 is 19.1 Å². The lowest BCUT2D eigenvalue weighted by Crippen LogP contribution is -2.31. The molecule has 1 heterocycles. The Kier molecular flexibility index (Phi) is 5.73. The van der Waals surface area contributed by atoms with E-state index < -0.39 is 5.91 Å². The molecule has 0 unspecified atom stereocenters. The molecule has 0 fully saturated rings. The van der Waals surface area contributed by atoms with Gasteiger partial charge in [0.1, 0.15) is 5.76 Å². The second-order valence-corrected chi connectivity index (χ2v) is 6.57. The Morgan fingerprint density at radius 2 is 1.71 bits per heavy atom. The monoisotopic (exact) mass is 377 g/mol.